The Morgan fingerprint density at radius 3 is 2.91 bits per heavy atom. The van der Waals surface area contributed by atoms with E-state index < -0.39 is 5.60 Å². The topological polar surface area (TPSA) is 80.5 Å². The van der Waals surface area contributed by atoms with Crippen molar-refractivity contribution in [3.63, 3.8) is 0 Å². The minimum absolute atomic E-state index is 0.354. The molecular formula is C16H26N4O2. The number of aryl methyl sites for hydroxylation is 1. The molecule has 2 heterocycles. The van der Waals surface area contributed by atoms with Crippen LogP contribution in [0, 0.1) is 12.8 Å². The van der Waals surface area contributed by atoms with Crippen LogP contribution in [0.2, 0.25) is 0 Å². The number of nitrogens with zero attached hydrogens (tertiary/aromatic N) is 2. The highest BCUT2D eigenvalue weighted by molar-refractivity contribution is 5.67. The Labute approximate surface area is 132 Å². The molecule has 0 radical (unpaired) electrons. The van der Waals surface area contributed by atoms with Gasteiger partial charge in [0.1, 0.15) is 11.4 Å². The Bertz CT molecular complexity index is 539. The van der Waals surface area contributed by atoms with Gasteiger partial charge in [-0.25, -0.2) is 9.78 Å². The second-order valence-corrected chi connectivity index (χ2v) is 6.89. The molecule has 1 saturated heterocycles. The number of rotatable bonds is 3. The Hall–Kier alpha value is -1.98. The number of anilines is 2. The summed E-state index contributed by atoms with van der Waals surface area (Å²) in [6, 6.07) is 1.94. The minimum Gasteiger partial charge on any atom is -0.444 e. The molecule has 1 amide bonds. The first-order chi connectivity index (χ1) is 10.2. The molecule has 122 valence electrons. The summed E-state index contributed by atoms with van der Waals surface area (Å²) in [5, 5.41) is 2.85. The molecule has 2 rings (SSSR count). The maximum absolute atomic E-state index is 11.7. The number of carbonyl (C=O) groups is 1. The standard InChI is InChI=1S/C16H26N4O2/c1-11-7-13(17)9-18-14(11)20-6-5-12(10-20)8-19-15(21)22-16(2,3)4/h7,9,12H,5-6,8,10,17H2,1-4H3,(H,19,21). The van der Waals surface area contributed by atoms with Crippen LogP contribution in [0.15, 0.2) is 12.3 Å². The molecule has 3 N–H and O–H groups in total. The highest BCUT2D eigenvalue weighted by atomic mass is 16.6. The summed E-state index contributed by atoms with van der Waals surface area (Å²) in [6.07, 6.45) is 2.36. The van der Waals surface area contributed by atoms with Crippen LogP contribution in [-0.4, -0.2) is 36.3 Å². The summed E-state index contributed by atoms with van der Waals surface area (Å²) in [4.78, 5) is 18.4. The second-order valence-electron chi connectivity index (χ2n) is 6.89. The monoisotopic (exact) mass is 306 g/mol. The largest absolute Gasteiger partial charge is 0.444 e. The normalized spacial score (nSPS) is 18.4. The number of carbonyl (C=O) groups excluding carboxylic acids is 1. The second kappa shape index (κ2) is 6.42. The first kappa shape index (κ1) is 16.4. The van der Waals surface area contributed by atoms with E-state index in [9.17, 15) is 4.79 Å². The van der Waals surface area contributed by atoms with E-state index in [-0.39, 0.29) is 6.09 Å². The number of aromatic nitrogens is 1. The fourth-order valence-corrected chi connectivity index (χ4v) is 2.65. The van der Waals surface area contributed by atoms with E-state index in [1.807, 2.05) is 33.8 Å². The van der Waals surface area contributed by atoms with Crippen molar-refractivity contribution >= 4 is 17.6 Å². The number of pyridine rings is 1. The SMILES string of the molecule is Cc1cc(N)cnc1N1CCC(CNC(=O)OC(C)(C)C)C1. The molecule has 6 nitrogen and oxygen atoms in total. The molecule has 0 saturated carbocycles. The Morgan fingerprint density at radius 1 is 1.55 bits per heavy atom. The zero-order chi connectivity index (χ0) is 16.3. The van der Waals surface area contributed by atoms with E-state index in [1.165, 1.54) is 0 Å². The number of hydrogen-bond acceptors (Lipinski definition) is 5. The molecule has 0 bridgehead atoms. The van der Waals surface area contributed by atoms with Crippen LogP contribution in [0.5, 0.6) is 0 Å². The highest BCUT2D eigenvalue weighted by Gasteiger charge is 2.25. The first-order valence-corrected chi connectivity index (χ1v) is 7.68. The number of alkyl carbamates (subject to hydrolysis) is 1. The summed E-state index contributed by atoms with van der Waals surface area (Å²) in [5.74, 6) is 1.39. The molecule has 0 aromatic carbocycles. The van der Waals surface area contributed by atoms with Crippen LogP contribution in [0.4, 0.5) is 16.3 Å². The van der Waals surface area contributed by atoms with Crippen molar-refractivity contribution in [2.24, 2.45) is 5.92 Å². The lowest BCUT2D eigenvalue weighted by atomic mass is 10.1. The average Bonchev–Trinajstić information content (AvgIpc) is 2.83. The van der Waals surface area contributed by atoms with Crippen LogP contribution < -0.4 is 16.0 Å². The lowest BCUT2D eigenvalue weighted by Crippen LogP contribution is -2.36. The van der Waals surface area contributed by atoms with Crippen LogP contribution >= 0.6 is 0 Å². The molecule has 1 fully saturated rings. The van der Waals surface area contributed by atoms with Gasteiger partial charge in [0.25, 0.3) is 0 Å². The predicted molar refractivity (Wildman–Crippen MR) is 87.9 cm³/mol. The number of hydrogen-bond donors (Lipinski definition) is 2. The van der Waals surface area contributed by atoms with E-state index >= 15 is 0 Å². The Balaban J connectivity index is 1.84. The van der Waals surface area contributed by atoms with Crippen molar-refractivity contribution in [2.75, 3.05) is 30.3 Å². The summed E-state index contributed by atoms with van der Waals surface area (Å²) in [6.45, 7) is 10.1. The summed E-state index contributed by atoms with van der Waals surface area (Å²) in [7, 11) is 0. The van der Waals surface area contributed by atoms with Crippen molar-refractivity contribution in [1.82, 2.24) is 10.3 Å². The zero-order valence-electron chi connectivity index (χ0n) is 13.8. The molecular weight excluding hydrogens is 280 g/mol. The van der Waals surface area contributed by atoms with Gasteiger partial charge in [-0.05, 0) is 51.7 Å². The quantitative estimate of drug-likeness (QED) is 0.896. The van der Waals surface area contributed by atoms with E-state index in [4.69, 9.17) is 10.5 Å². The van der Waals surface area contributed by atoms with Gasteiger partial charge in [0.05, 0.1) is 11.9 Å². The smallest absolute Gasteiger partial charge is 0.407 e. The number of nitrogens with two attached hydrogens (primary N) is 1. The lowest BCUT2D eigenvalue weighted by molar-refractivity contribution is 0.0520. The van der Waals surface area contributed by atoms with E-state index in [0.29, 0.717) is 18.2 Å². The van der Waals surface area contributed by atoms with Crippen molar-refractivity contribution < 1.29 is 9.53 Å². The number of nitrogen functional groups attached to an aromatic ring is 1. The number of amides is 1. The molecule has 22 heavy (non-hydrogen) atoms. The third kappa shape index (κ3) is 4.51. The maximum Gasteiger partial charge on any atom is 0.407 e. The van der Waals surface area contributed by atoms with Crippen molar-refractivity contribution in [2.45, 2.75) is 39.7 Å². The summed E-state index contributed by atoms with van der Waals surface area (Å²) in [5.41, 5.74) is 7.05. The van der Waals surface area contributed by atoms with Gasteiger partial charge in [-0.1, -0.05) is 0 Å². The van der Waals surface area contributed by atoms with Gasteiger partial charge in [-0.2, -0.15) is 0 Å². The maximum atomic E-state index is 11.7. The van der Waals surface area contributed by atoms with Crippen LogP contribution in [0.3, 0.4) is 0 Å². The first-order valence-electron chi connectivity index (χ1n) is 7.68. The molecule has 6 heteroatoms. The van der Waals surface area contributed by atoms with E-state index in [1.54, 1.807) is 6.20 Å². The fraction of sp³-hybridized carbons (Fsp3) is 0.625. The molecule has 1 aliphatic heterocycles. The number of ether oxygens (including phenoxy) is 1. The fourth-order valence-electron chi connectivity index (χ4n) is 2.65. The number of nitrogens with one attached hydrogen (secondary N) is 1. The Kier molecular flexibility index (Phi) is 4.78. The van der Waals surface area contributed by atoms with Crippen LogP contribution in [-0.2, 0) is 4.74 Å². The highest BCUT2D eigenvalue weighted by Crippen LogP contribution is 2.25. The molecule has 1 aromatic rings. The van der Waals surface area contributed by atoms with Gasteiger partial charge in [-0.15, -0.1) is 0 Å². The van der Waals surface area contributed by atoms with Gasteiger partial charge in [0, 0.05) is 19.6 Å². The van der Waals surface area contributed by atoms with Crippen molar-refractivity contribution in [1.29, 1.82) is 0 Å². The molecule has 0 spiro atoms. The third-order valence-corrected chi connectivity index (χ3v) is 3.59. The zero-order valence-corrected chi connectivity index (χ0v) is 13.8. The van der Waals surface area contributed by atoms with E-state index in [2.05, 4.69) is 15.2 Å². The Morgan fingerprint density at radius 2 is 2.27 bits per heavy atom. The predicted octanol–water partition coefficient (Wildman–Crippen LogP) is 2.32. The molecule has 1 atom stereocenters. The van der Waals surface area contributed by atoms with Gasteiger partial charge in [0.15, 0.2) is 0 Å². The van der Waals surface area contributed by atoms with Crippen LogP contribution in [0.25, 0.3) is 0 Å². The van der Waals surface area contributed by atoms with Gasteiger partial charge in [0.2, 0.25) is 0 Å². The van der Waals surface area contributed by atoms with Crippen molar-refractivity contribution in [3.05, 3.63) is 17.8 Å². The van der Waals surface area contributed by atoms with Crippen LogP contribution in [0.1, 0.15) is 32.8 Å². The molecule has 1 unspecified atom stereocenters. The molecule has 1 aromatic heterocycles. The lowest BCUT2D eigenvalue weighted by Gasteiger charge is -2.21. The van der Waals surface area contributed by atoms with E-state index in [0.717, 1.165) is 30.9 Å². The third-order valence-electron chi connectivity index (χ3n) is 3.59. The summed E-state index contributed by atoms with van der Waals surface area (Å²) >= 11 is 0. The van der Waals surface area contributed by atoms with Crippen molar-refractivity contribution in [3.8, 4) is 0 Å². The summed E-state index contributed by atoms with van der Waals surface area (Å²) < 4.78 is 5.25. The van der Waals surface area contributed by atoms with Gasteiger partial charge < -0.3 is 20.7 Å². The molecule has 1 aliphatic rings. The minimum atomic E-state index is -0.462. The van der Waals surface area contributed by atoms with Gasteiger partial charge in [-0.3, -0.25) is 0 Å². The average molecular weight is 306 g/mol. The van der Waals surface area contributed by atoms with Gasteiger partial charge >= 0.3 is 6.09 Å². The molecule has 0 aliphatic carbocycles.